The molecule has 0 bridgehead atoms. The van der Waals surface area contributed by atoms with Gasteiger partial charge < -0.3 is 10.2 Å². The van der Waals surface area contributed by atoms with Gasteiger partial charge in [-0.05, 0) is 12.3 Å². The molecule has 3 heteroatoms. The Morgan fingerprint density at radius 3 is 2.50 bits per heavy atom. The van der Waals surface area contributed by atoms with Crippen LogP contribution in [0, 0.1) is 11.3 Å². The van der Waals surface area contributed by atoms with E-state index in [2.05, 4.69) is 25.7 Å². The molecule has 0 radical (unpaired) electrons. The topological polar surface area (TPSA) is 43.7 Å². The van der Waals surface area contributed by atoms with Gasteiger partial charge in [0.25, 0.3) is 0 Å². The zero-order valence-corrected chi connectivity index (χ0v) is 9.53. The minimum atomic E-state index is -0.187. The number of nitrogens with zero attached hydrogens (tertiary/aromatic N) is 1. The van der Waals surface area contributed by atoms with E-state index in [9.17, 15) is 5.11 Å². The van der Waals surface area contributed by atoms with Gasteiger partial charge in [-0.15, -0.1) is 0 Å². The Hall–Kier alpha value is -0.120. The molecule has 0 aromatic carbocycles. The van der Waals surface area contributed by atoms with E-state index in [-0.39, 0.29) is 18.1 Å². The van der Waals surface area contributed by atoms with E-state index in [0.717, 1.165) is 26.1 Å². The smallest absolute Gasteiger partial charge is 0.0670 e. The molecule has 0 amide bonds. The zero-order valence-electron chi connectivity index (χ0n) is 9.53. The van der Waals surface area contributed by atoms with Crippen molar-refractivity contribution in [2.45, 2.75) is 33.3 Å². The summed E-state index contributed by atoms with van der Waals surface area (Å²) >= 11 is 0. The molecule has 1 aliphatic heterocycles. The monoisotopic (exact) mass is 201 g/mol. The maximum absolute atomic E-state index is 9.62. The second-order valence-electron chi connectivity index (χ2n) is 5.51. The lowest BCUT2D eigenvalue weighted by atomic mass is 9.91. The highest BCUT2D eigenvalue weighted by Crippen LogP contribution is 2.21. The molecule has 1 heterocycles. The highest BCUT2D eigenvalue weighted by molar-refractivity contribution is 4.80. The summed E-state index contributed by atoms with van der Waals surface area (Å²) in [6.45, 7) is 9.14. The third kappa shape index (κ3) is 3.56. The number of likely N-dealkylation sites (tertiary alicyclic amines) is 1. The number of rotatable bonds is 3. The average Bonchev–Trinajstić information content (AvgIpc) is 2.01. The number of aliphatic hydroxyl groups excluding tert-OH is 2. The van der Waals surface area contributed by atoms with Crippen molar-refractivity contribution in [2.75, 3.05) is 26.2 Å². The van der Waals surface area contributed by atoms with Gasteiger partial charge in [0.2, 0.25) is 0 Å². The van der Waals surface area contributed by atoms with Crippen LogP contribution < -0.4 is 0 Å². The Kier molecular flexibility index (Phi) is 3.93. The van der Waals surface area contributed by atoms with Crippen LogP contribution in [0.2, 0.25) is 0 Å². The van der Waals surface area contributed by atoms with Crippen LogP contribution in [0.1, 0.15) is 27.2 Å². The molecule has 2 unspecified atom stereocenters. The van der Waals surface area contributed by atoms with Gasteiger partial charge >= 0.3 is 0 Å². The summed E-state index contributed by atoms with van der Waals surface area (Å²) in [4.78, 5) is 2.26. The lowest BCUT2D eigenvalue weighted by molar-refractivity contribution is 0.0149. The number of piperidine rings is 1. The first-order valence-corrected chi connectivity index (χ1v) is 5.44. The Morgan fingerprint density at radius 2 is 2.00 bits per heavy atom. The van der Waals surface area contributed by atoms with Crippen LogP contribution in [-0.2, 0) is 0 Å². The molecule has 1 saturated heterocycles. The number of hydrogen-bond acceptors (Lipinski definition) is 3. The molecule has 0 saturated carbocycles. The highest BCUT2D eigenvalue weighted by Gasteiger charge is 2.27. The summed E-state index contributed by atoms with van der Waals surface area (Å²) in [5.41, 5.74) is -0.0587. The molecule has 0 aromatic rings. The first-order chi connectivity index (χ1) is 6.43. The number of β-amino-alcohol motifs (C(OH)–C–C–N with tert-alkyl or cyclic N) is 1. The van der Waals surface area contributed by atoms with Gasteiger partial charge in [-0.3, -0.25) is 4.90 Å². The molecule has 84 valence electrons. The van der Waals surface area contributed by atoms with E-state index < -0.39 is 0 Å². The van der Waals surface area contributed by atoms with Crippen LogP contribution in [0.15, 0.2) is 0 Å². The second kappa shape index (κ2) is 4.60. The largest absolute Gasteiger partial charge is 0.396 e. The fourth-order valence-electron chi connectivity index (χ4n) is 2.21. The molecular weight excluding hydrogens is 178 g/mol. The van der Waals surface area contributed by atoms with Crippen molar-refractivity contribution in [1.82, 2.24) is 4.90 Å². The molecule has 2 N–H and O–H groups in total. The van der Waals surface area contributed by atoms with Crippen molar-refractivity contribution in [3.05, 3.63) is 0 Å². The van der Waals surface area contributed by atoms with Gasteiger partial charge in [-0.1, -0.05) is 20.8 Å². The van der Waals surface area contributed by atoms with Gasteiger partial charge in [0.15, 0.2) is 0 Å². The van der Waals surface area contributed by atoms with Gasteiger partial charge in [0, 0.05) is 31.7 Å². The maximum Gasteiger partial charge on any atom is 0.0670 e. The van der Waals surface area contributed by atoms with E-state index in [1.807, 2.05) is 0 Å². The van der Waals surface area contributed by atoms with Gasteiger partial charge in [-0.2, -0.15) is 0 Å². The molecule has 14 heavy (non-hydrogen) atoms. The molecule has 1 fully saturated rings. The van der Waals surface area contributed by atoms with Crippen LogP contribution in [0.5, 0.6) is 0 Å². The molecule has 2 atom stereocenters. The van der Waals surface area contributed by atoms with E-state index in [0.29, 0.717) is 5.92 Å². The van der Waals surface area contributed by atoms with E-state index in [1.54, 1.807) is 0 Å². The zero-order chi connectivity index (χ0) is 10.8. The average molecular weight is 201 g/mol. The highest BCUT2D eigenvalue weighted by atomic mass is 16.3. The van der Waals surface area contributed by atoms with Crippen molar-refractivity contribution < 1.29 is 10.2 Å². The Balaban J connectivity index is 2.44. The van der Waals surface area contributed by atoms with Crippen LogP contribution >= 0.6 is 0 Å². The van der Waals surface area contributed by atoms with Gasteiger partial charge in [0.05, 0.1) is 6.10 Å². The third-order valence-electron chi connectivity index (χ3n) is 2.79. The molecule has 0 aliphatic carbocycles. The van der Waals surface area contributed by atoms with Crippen LogP contribution in [0.25, 0.3) is 0 Å². The lowest BCUT2D eigenvalue weighted by Crippen LogP contribution is -2.46. The quantitative estimate of drug-likeness (QED) is 0.706. The predicted molar refractivity (Wildman–Crippen MR) is 57.1 cm³/mol. The summed E-state index contributed by atoms with van der Waals surface area (Å²) in [7, 11) is 0. The van der Waals surface area contributed by atoms with E-state index in [1.165, 1.54) is 0 Å². The second-order valence-corrected chi connectivity index (χ2v) is 5.51. The Morgan fingerprint density at radius 1 is 1.36 bits per heavy atom. The summed E-state index contributed by atoms with van der Waals surface area (Å²) in [5.74, 6) is 0.563. The van der Waals surface area contributed by atoms with Crippen LogP contribution in [-0.4, -0.2) is 47.5 Å². The summed E-state index contributed by atoms with van der Waals surface area (Å²) in [6.07, 6.45) is 0.726. The van der Waals surface area contributed by atoms with Crippen molar-refractivity contribution in [3.63, 3.8) is 0 Å². The van der Waals surface area contributed by atoms with Crippen molar-refractivity contribution in [3.8, 4) is 0 Å². The predicted octanol–water partition coefficient (Wildman–Crippen LogP) is 0.708. The molecule has 0 aromatic heterocycles. The lowest BCUT2D eigenvalue weighted by Gasteiger charge is -2.38. The molecule has 0 spiro atoms. The maximum atomic E-state index is 9.62. The normalized spacial score (nSPS) is 30.6. The first kappa shape index (κ1) is 12.0. The third-order valence-corrected chi connectivity index (χ3v) is 2.79. The Labute approximate surface area is 86.7 Å². The summed E-state index contributed by atoms with van der Waals surface area (Å²) in [5, 5.41) is 18.8. The van der Waals surface area contributed by atoms with E-state index in [4.69, 9.17) is 5.11 Å². The number of hydrogen-bond donors (Lipinski definition) is 2. The van der Waals surface area contributed by atoms with Gasteiger partial charge in [-0.25, -0.2) is 0 Å². The minimum absolute atomic E-state index is 0.0587. The van der Waals surface area contributed by atoms with Crippen molar-refractivity contribution >= 4 is 0 Å². The first-order valence-electron chi connectivity index (χ1n) is 5.44. The molecule has 1 rings (SSSR count). The summed E-state index contributed by atoms with van der Waals surface area (Å²) in [6, 6.07) is 0. The number of aliphatic hydroxyl groups is 2. The Bertz CT molecular complexity index is 172. The SMILES string of the molecule is CC1CC(O)CN(CC(C)(C)CO)C1. The van der Waals surface area contributed by atoms with E-state index >= 15 is 0 Å². The molecule has 3 nitrogen and oxygen atoms in total. The standard InChI is InChI=1S/C11H23NO2/c1-9-4-10(14)6-12(5-9)7-11(2,3)8-13/h9-10,13-14H,4-8H2,1-3H3. The molecular formula is C11H23NO2. The van der Waals surface area contributed by atoms with Crippen LogP contribution in [0.4, 0.5) is 0 Å². The summed E-state index contributed by atoms with van der Waals surface area (Å²) < 4.78 is 0. The molecule has 1 aliphatic rings. The van der Waals surface area contributed by atoms with Crippen LogP contribution in [0.3, 0.4) is 0 Å². The van der Waals surface area contributed by atoms with Crippen molar-refractivity contribution in [1.29, 1.82) is 0 Å². The fourth-order valence-corrected chi connectivity index (χ4v) is 2.21. The minimum Gasteiger partial charge on any atom is -0.396 e. The van der Waals surface area contributed by atoms with Crippen molar-refractivity contribution in [2.24, 2.45) is 11.3 Å². The van der Waals surface area contributed by atoms with Gasteiger partial charge in [0.1, 0.15) is 0 Å². The fraction of sp³-hybridized carbons (Fsp3) is 1.00.